The first-order valence-corrected chi connectivity index (χ1v) is 18.0. The highest BCUT2D eigenvalue weighted by Crippen LogP contribution is 2.43. The van der Waals surface area contributed by atoms with Gasteiger partial charge in [-0.15, -0.1) is 11.3 Å². The van der Waals surface area contributed by atoms with Crippen LogP contribution in [0.2, 0.25) is 0 Å². The van der Waals surface area contributed by atoms with Gasteiger partial charge in [0.25, 0.3) is 0 Å². The second-order valence-electron chi connectivity index (χ2n) is 13.0. The third-order valence-corrected chi connectivity index (χ3v) is 11.1. The Bertz CT molecular complexity index is 3040. The average molecular weight is 674 g/mol. The van der Waals surface area contributed by atoms with Crippen molar-refractivity contribution in [3.8, 4) is 45.3 Å². The zero-order valence-electron chi connectivity index (χ0n) is 27.3. The summed E-state index contributed by atoms with van der Waals surface area (Å²) >= 11 is 1.83. The highest BCUT2D eigenvalue weighted by molar-refractivity contribution is 7.25. The molecule has 0 unspecified atom stereocenters. The number of nitrogens with zero attached hydrogens (tertiary/aromatic N) is 3. The van der Waals surface area contributed by atoms with Crippen molar-refractivity contribution in [2.45, 2.75) is 12.8 Å². The number of benzene rings is 6. The number of aromatic nitrogens is 3. The first-order chi connectivity index (χ1) is 25.2. The van der Waals surface area contributed by atoms with Crippen LogP contribution >= 0.6 is 11.3 Å². The van der Waals surface area contributed by atoms with Gasteiger partial charge in [-0.3, -0.25) is 0 Å². The van der Waals surface area contributed by atoms with Crippen molar-refractivity contribution in [3.05, 3.63) is 145 Å². The summed E-state index contributed by atoms with van der Waals surface area (Å²) in [4.78, 5) is 15.2. The maximum atomic E-state index is 6.59. The molecule has 0 fully saturated rings. The minimum atomic E-state index is 0.590. The molecule has 0 spiro atoms. The molecule has 11 rings (SSSR count). The average Bonchev–Trinajstić information content (AvgIpc) is 3.88. The van der Waals surface area contributed by atoms with Crippen molar-refractivity contribution in [2.24, 2.45) is 0 Å². The van der Waals surface area contributed by atoms with Gasteiger partial charge in [0.1, 0.15) is 22.5 Å². The van der Waals surface area contributed by atoms with Crippen LogP contribution in [0, 0.1) is 0 Å². The number of rotatable bonds is 4. The van der Waals surface area contributed by atoms with E-state index in [-0.39, 0.29) is 0 Å². The van der Waals surface area contributed by atoms with Crippen LogP contribution < -0.4 is 0 Å². The van der Waals surface area contributed by atoms with Crippen molar-refractivity contribution in [1.82, 2.24) is 15.0 Å². The molecular weight excluding hydrogens is 647 g/mol. The molecule has 4 aromatic heterocycles. The van der Waals surface area contributed by atoms with Crippen molar-refractivity contribution >= 4 is 70.5 Å². The lowest BCUT2D eigenvalue weighted by Crippen LogP contribution is -2.00. The van der Waals surface area contributed by atoms with Crippen LogP contribution in [-0.2, 0) is 6.42 Å². The van der Waals surface area contributed by atoms with Crippen molar-refractivity contribution in [1.29, 1.82) is 0 Å². The number of hydrogen-bond donors (Lipinski definition) is 0. The van der Waals surface area contributed by atoms with E-state index < -0.39 is 0 Å². The van der Waals surface area contributed by atoms with Crippen LogP contribution in [0.25, 0.3) is 104 Å². The molecule has 0 N–H and O–H groups in total. The summed E-state index contributed by atoms with van der Waals surface area (Å²) in [5.41, 5.74) is 8.65. The lowest BCUT2D eigenvalue weighted by molar-refractivity contribution is 0.546. The predicted octanol–water partition coefficient (Wildman–Crippen LogP) is 12.5. The van der Waals surface area contributed by atoms with E-state index in [2.05, 4.69) is 97.1 Å². The Labute approximate surface area is 296 Å². The predicted molar refractivity (Wildman–Crippen MR) is 209 cm³/mol. The highest BCUT2D eigenvalue weighted by Gasteiger charge is 2.20. The molecule has 6 heteroatoms. The SMILES string of the molecule is C1=Cc2c(oc3cc(-c4nc(-c5ccccc5)nc(-c5cccc6oc7cc(-c8cccc9sc%10ccccc%10c89)ccc7c56)n4)ccc23)CC1. The van der Waals surface area contributed by atoms with Gasteiger partial charge in [0, 0.05) is 65.0 Å². The molecular formula is C45H27N3O2S. The first kappa shape index (κ1) is 28.5. The summed E-state index contributed by atoms with van der Waals surface area (Å²) in [5.74, 6) is 2.83. The van der Waals surface area contributed by atoms with Crippen LogP contribution in [0.15, 0.2) is 142 Å². The molecule has 0 bridgehead atoms. The second-order valence-corrected chi connectivity index (χ2v) is 14.1. The summed E-state index contributed by atoms with van der Waals surface area (Å²) in [6, 6.07) is 44.2. The fourth-order valence-electron chi connectivity index (χ4n) is 7.63. The minimum Gasteiger partial charge on any atom is -0.460 e. The van der Waals surface area contributed by atoms with Crippen LogP contribution in [0.1, 0.15) is 17.7 Å². The van der Waals surface area contributed by atoms with Crippen LogP contribution in [0.5, 0.6) is 0 Å². The monoisotopic (exact) mass is 673 g/mol. The molecule has 0 radical (unpaired) electrons. The summed E-state index contributed by atoms with van der Waals surface area (Å²) in [5, 5.41) is 5.67. The number of allylic oxidation sites excluding steroid dienone is 1. The molecule has 0 amide bonds. The Balaban J connectivity index is 1.09. The van der Waals surface area contributed by atoms with Crippen molar-refractivity contribution in [2.75, 3.05) is 0 Å². The maximum absolute atomic E-state index is 6.59. The fraction of sp³-hybridized carbons (Fsp3) is 0.0444. The zero-order valence-corrected chi connectivity index (χ0v) is 28.1. The Morgan fingerprint density at radius 3 is 2.16 bits per heavy atom. The number of aryl methyl sites for hydroxylation is 1. The topological polar surface area (TPSA) is 65.0 Å². The molecule has 6 aromatic carbocycles. The van der Waals surface area contributed by atoms with E-state index in [9.17, 15) is 0 Å². The molecule has 1 aliphatic rings. The molecule has 4 heterocycles. The molecule has 0 aliphatic heterocycles. The molecule has 240 valence electrons. The second kappa shape index (κ2) is 11.1. The van der Waals surface area contributed by atoms with Gasteiger partial charge in [-0.2, -0.15) is 0 Å². The van der Waals surface area contributed by atoms with E-state index in [1.807, 2.05) is 53.8 Å². The van der Waals surface area contributed by atoms with E-state index in [1.165, 1.54) is 31.3 Å². The molecule has 10 aromatic rings. The summed E-state index contributed by atoms with van der Waals surface area (Å²) < 4.78 is 15.5. The molecule has 0 atom stereocenters. The van der Waals surface area contributed by atoms with Gasteiger partial charge in [0.2, 0.25) is 0 Å². The van der Waals surface area contributed by atoms with Gasteiger partial charge in [0.05, 0.1) is 0 Å². The normalized spacial score (nSPS) is 12.9. The maximum Gasteiger partial charge on any atom is 0.164 e. The van der Waals surface area contributed by atoms with Gasteiger partial charge < -0.3 is 8.83 Å². The Morgan fingerprint density at radius 2 is 1.22 bits per heavy atom. The van der Waals surface area contributed by atoms with Gasteiger partial charge >= 0.3 is 0 Å². The third-order valence-electron chi connectivity index (χ3n) is 10.0. The molecule has 1 aliphatic carbocycles. The quantitative estimate of drug-likeness (QED) is 0.186. The number of hydrogen-bond acceptors (Lipinski definition) is 6. The molecule has 51 heavy (non-hydrogen) atoms. The number of furan rings is 2. The van der Waals surface area contributed by atoms with Gasteiger partial charge in [0.15, 0.2) is 17.5 Å². The lowest BCUT2D eigenvalue weighted by Gasteiger charge is -2.09. The first-order valence-electron chi connectivity index (χ1n) is 17.2. The van der Waals surface area contributed by atoms with Gasteiger partial charge in [-0.25, -0.2) is 15.0 Å². The standard InChI is InChI=1S/C45H27N3O2S/c1-2-10-26(11-3-1)43-46-44(28-21-22-31-30-12-4-6-16-35(30)49-37(31)25-28)48-45(47-43)34-15-8-17-36-41(34)32-23-20-27(24-38(32)50-36)29-14-9-19-40-42(29)33-13-5-7-18-39(33)51-40/h1-5,7-15,17-25H,6,16H2. The van der Waals surface area contributed by atoms with Crippen LogP contribution in [0.3, 0.4) is 0 Å². The largest absolute Gasteiger partial charge is 0.460 e. The van der Waals surface area contributed by atoms with Crippen molar-refractivity contribution < 1.29 is 8.83 Å². The summed E-state index contributed by atoms with van der Waals surface area (Å²) in [6.45, 7) is 0. The molecule has 0 saturated heterocycles. The number of fused-ring (bicyclic) bond motifs is 9. The highest BCUT2D eigenvalue weighted by atomic mass is 32.1. The minimum absolute atomic E-state index is 0.590. The van der Waals surface area contributed by atoms with E-state index in [0.29, 0.717) is 17.5 Å². The van der Waals surface area contributed by atoms with Crippen LogP contribution in [-0.4, -0.2) is 15.0 Å². The number of thiophene rings is 1. The van der Waals surface area contributed by atoms with E-state index in [4.69, 9.17) is 23.8 Å². The summed E-state index contributed by atoms with van der Waals surface area (Å²) in [7, 11) is 0. The van der Waals surface area contributed by atoms with E-state index >= 15 is 0 Å². The fourth-order valence-corrected chi connectivity index (χ4v) is 8.76. The Hall–Kier alpha value is -6.37. The van der Waals surface area contributed by atoms with Gasteiger partial charge in [-0.1, -0.05) is 97.1 Å². The van der Waals surface area contributed by atoms with Gasteiger partial charge in [-0.05, 0) is 60.0 Å². The van der Waals surface area contributed by atoms with Crippen molar-refractivity contribution in [3.63, 3.8) is 0 Å². The Kier molecular flexibility index (Phi) is 6.18. The van der Waals surface area contributed by atoms with E-state index in [1.54, 1.807) is 0 Å². The lowest BCUT2D eigenvalue weighted by atomic mass is 9.98. The zero-order chi connectivity index (χ0) is 33.5. The smallest absolute Gasteiger partial charge is 0.164 e. The molecule has 5 nitrogen and oxygen atoms in total. The summed E-state index contributed by atoms with van der Waals surface area (Å²) in [6.07, 6.45) is 6.29. The third kappa shape index (κ3) is 4.50. The van der Waals surface area contributed by atoms with Crippen LogP contribution in [0.4, 0.5) is 0 Å². The molecule has 0 saturated carbocycles. The Morgan fingerprint density at radius 1 is 0.490 bits per heavy atom. The van der Waals surface area contributed by atoms with E-state index in [0.717, 1.165) is 73.8 Å².